The van der Waals surface area contributed by atoms with Crippen molar-refractivity contribution in [3.05, 3.63) is 35.4 Å². The van der Waals surface area contributed by atoms with Gasteiger partial charge in [-0.05, 0) is 24.6 Å². The van der Waals surface area contributed by atoms with E-state index in [-0.39, 0.29) is 17.7 Å². The van der Waals surface area contributed by atoms with Gasteiger partial charge in [-0.2, -0.15) is 0 Å². The number of carbonyl (C=O) groups is 2. The molecule has 118 valence electrons. The smallest absolute Gasteiger partial charge is 0.230 e. The van der Waals surface area contributed by atoms with Crippen LogP contribution in [0.3, 0.4) is 0 Å². The number of carbonyl (C=O) groups excluding carboxylic acids is 2. The summed E-state index contributed by atoms with van der Waals surface area (Å²) in [6, 6.07) is 8.45. The van der Waals surface area contributed by atoms with Crippen molar-refractivity contribution >= 4 is 11.8 Å². The summed E-state index contributed by atoms with van der Waals surface area (Å²) in [6.45, 7) is 5.47. The van der Waals surface area contributed by atoms with E-state index in [2.05, 4.69) is 46.4 Å². The molecule has 0 radical (unpaired) electrons. The lowest BCUT2D eigenvalue weighted by Gasteiger charge is -2.32. The standard InChI is InChI=1S/C17H23N3O2/c1-19-6-8-20(9-7-19)12-14-4-2-13(3-5-14)10-15-11-16(21)18-17(15)22/h2-5,15H,6-12H2,1H3,(H,18,21,22). The summed E-state index contributed by atoms with van der Waals surface area (Å²) in [7, 11) is 2.16. The Hall–Kier alpha value is -1.72. The largest absolute Gasteiger partial charge is 0.304 e. The third-order valence-electron chi connectivity index (χ3n) is 4.57. The quantitative estimate of drug-likeness (QED) is 0.829. The Kier molecular flexibility index (Phi) is 4.55. The molecular weight excluding hydrogens is 278 g/mol. The summed E-state index contributed by atoms with van der Waals surface area (Å²) in [5.74, 6) is -0.482. The van der Waals surface area contributed by atoms with Gasteiger partial charge in [-0.25, -0.2) is 0 Å². The van der Waals surface area contributed by atoms with Gasteiger partial charge in [0.25, 0.3) is 0 Å². The predicted octanol–water partition coefficient (Wildman–Crippen LogP) is 0.639. The number of benzene rings is 1. The molecular formula is C17H23N3O2. The minimum atomic E-state index is -0.198. The maximum Gasteiger partial charge on any atom is 0.230 e. The van der Waals surface area contributed by atoms with Crippen LogP contribution in [0.15, 0.2) is 24.3 Å². The number of nitrogens with one attached hydrogen (secondary N) is 1. The summed E-state index contributed by atoms with van der Waals surface area (Å²) in [5, 5.41) is 2.37. The minimum Gasteiger partial charge on any atom is -0.304 e. The van der Waals surface area contributed by atoms with Crippen molar-refractivity contribution in [1.82, 2.24) is 15.1 Å². The number of hydrogen-bond donors (Lipinski definition) is 1. The highest BCUT2D eigenvalue weighted by atomic mass is 16.2. The first kappa shape index (κ1) is 15.2. The van der Waals surface area contributed by atoms with Gasteiger partial charge in [-0.3, -0.25) is 19.8 Å². The number of amides is 2. The molecule has 0 spiro atoms. The maximum absolute atomic E-state index is 11.6. The molecule has 1 atom stereocenters. The molecule has 2 amide bonds. The molecule has 1 aromatic carbocycles. The second-order valence-electron chi connectivity index (χ2n) is 6.41. The summed E-state index contributed by atoms with van der Waals surface area (Å²) in [5.41, 5.74) is 2.43. The van der Waals surface area contributed by atoms with E-state index in [0.717, 1.165) is 38.3 Å². The zero-order chi connectivity index (χ0) is 15.5. The fourth-order valence-electron chi connectivity index (χ4n) is 3.10. The van der Waals surface area contributed by atoms with Crippen LogP contribution in [0.1, 0.15) is 17.5 Å². The number of hydrogen-bond acceptors (Lipinski definition) is 4. The Balaban J connectivity index is 1.54. The lowest BCUT2D eigenvalue weighted by molar-refractivity contribution is -0.125. The number of nitrogens with zero attached hydrogens (tertiary/aromatic N) is 2. The zero-order valence-corrected chi connectivity index (χ0v) is 13.0. The molecule has 2 fully saturated rings. The highest BCUT2D eigenvalue weighted by Gasteiger charge is 2.30. The molecule has 22 heavy (non-hydrogen) atoms. The molecule has 5 heteroatoms. The third kappa shape index (κ3) is 3.72. The Morgan fingerprint density at radius 3 is 2.27 bits per heavy atom. The zero-order valence-electron chi connectivity index (χ0n) is 13.0. The Morgan fingerprint density at radius 2 is 1.68 bits per heavy atom. The van der Waals surface area contributed by atoms with Gasteiger partial charge in [0.15, 0.2) is 0 Å². The van der Waals surface area contributed by atoms with Crippen molar-refractivity contribution in [2.45, 2.75) is 19.4 Å². The fourth-order valence-corrected chi connectivity index (χ4v) is 3.10. The normalized spacial score (nSPS) is 23.8. The van der Waals surface area contributed by atoms with Crippen LogP contribution in [-0.2, 0) is 22.6 Å². The van der Waals surface area contributed by atoms with Crippen LogP contribution in [0, 0.1) is 5.92 Å². The lowest BCUT2D eigenvalue weighted by atomic mass is 9.97. The van der Waals surface area contributed by atoms with Crippen LogP contribution < -0.4 is 5.32 Å². The molecule has 2 aliphatic rings. The maximum atomic E-state index is 11.6. The molecule has 1 aromatic rings. The molecule has 1 unspecified atom stereocenters. The summed E-state index contributed by atoms with van der Waals surface area (Å²) in [6.07, 6.45) is 0.967. The van der Waals surface area contributed by atoms with Gasteiger partial charge in [0.2, 0.25) is 11.8 Å². The van der Waals surface area contributed by atoms with Crippen molar-refractivity contribution in [3.8, 4) is 0 Å². The van der Waals surface area contributed by atoms with E-state index in [9.17, 15) is 9.59 Å². The minimum absolute atomic E-state index is 0.133. The molecule has 0 aromatic heterocycles. The van der Waals surface area contributed by atoms with Crippen molar-refractivity contribution < 1.29 is 9.59 Å². The van der Waals surface area contributed by atoms with Crippen molar-refractivity contribution in [2.24, 2.45) is 5.92 Å². The van der Waals surface area contributed by atoms with Crippen LogP contribution in [0.2, 0.25) is 0 Å². The number of imide groups is 1. The van der Waals surface area contributed by atoms with Gasteiger partial charge in [0, 0.05) is 39.1 Å². The molecule has 2 heterocycles. The van der Waals surface area contributed by atoms with E-state index >= 15 is 0 Å². The molecule has 0 saturated carbocycles. The van der Waals surface area contributed by atoms with E-state index in [1.165, 1.54) is 5.56 Å². The van der Waals surface area contributed by atoms with Gasteiger partial charge in [0.1, 0.15) is 0 Å². The van der Waals surface area contributed by atoms with Crippen molar-refractivity contribution in [2.75, 3.05) is 33.2 Å². The van der Waals surface area contributed by atoms with Crippen LogP contribution in [0.5, 0.6) is 0 Å². The second kappa shape index (κ2) is 6.58. The molecule has 2 aliphatic heterocycles. The van der Waals surface area contributed by atoms with Crippen LogP contribution in [-0.4, -0.2) is 54.8 Å². The van der Waals surface area contributed by atoms with Gasteiger partial charge in [-0.1, -0.05) is 24.3 Å². The summed E-state index contributed by atoms with van der Waals surface area (Å²) in [4.78, 5) is 27.6. The summed E-state index contributed by atoms with van der Waals surface area (Å²) >= 11 is 0. The SMILES string of the molecule is CN1CCN(Cc2ccc(CC3CC(=O)NC3=O)cc2)CC1. The third-order valence-corrected chi connectivity index (χ3v) is 4.57. The summed E-state index contributed by atoms with van der Waals surface area (Å²) < 4.78 is 0. The first-order chi connectivity index (χ1) is 10.6. The van der Waals surface area contributed by atoms with Crippen molar-refractivity contribution in [3.63, 3.8) is 0 Å². The molecule has 5 nitrogen and oxygen atoms in total. The first-order valence-corrected chi connectivity index (χ1v) is 7.92. The average molecular weight is 301 g/mol. The fraction of sp³-hybridized carbons (Fsp3) is 0.529. The van der Waals surface area contributed by atoms with Crippen LogP contribution >= 0.6 is 0 Å². The van der Waals surface area contributed by atoms with Crippen molar-refractivity contribution in [1.29, 1.82) is 0 Å². The van der Waals surface area contributed by atoms with Gasteiger partial charge in [0.05, 0.1) is 5.92 Å². The Morgan fingerprint density at radius 1 is 1.05 bits per heavy atom. The average Bonchev–Trinajstić information content (AvgIpc) is 2.81. The number of likely N-dealkylation sites (N-methyl/N-ethyl adjacent to an activating group) is 1. The topological polar surface area (TPSA) is 52.6 Å². The highest BCUT2D eigenvalue weighted by Crippen LogP contribution is 2.18. The van der Waals surface area contributed by atoms with E-state index in [4.69, 9.17) is 0 Å². The highest BCUT2D eigenvalue weighted by molar-refractivity contribution is 6.03. The molecule has 2 saturated heterocycles. The van der Waals surface area contributed by atoms with E-state index < -0.39 is 0 Å². The second-order valence-corrected chi connectivity index (χ2v) is 6.41. The van der Waals surface area contributed by atoms with Crippen LogP contribution in [0.4, 0.5) is 0 Å². The molecule has 0 bridgehead atoms. The Bertz CT molecular complexity index is 548. The molecule has 1 N–H and O–H groups in total. The number of rotatable bonds is 4. The van der Waals surface area contributed by atoms with E-state index in [1.54, 1.807) is 0 Å². The van der Waals surface area contributed by atoms with Crippen LogP contribution in [0.25, 0.3) is 0 Å². The van der Waals surface area contributed by atoms with E-state index in [0.29, 0.717) is 12.8 Å². The van der Waals surface area contributed by atoms with Gasteiger partial charge >= 0.3 is 0 Å². The number of piperazine rings is 1. The van der Waals surface area contributed by atoms with Gasteiger partial charge in [-0.15, -0.1) is 0 Å². The molecule has 3 rings (SSSR count). The lowest BCUT2D eigenvalue weighted by Crippen LogP contribution is -2.43. The monoisotopic (exact) mass is 301 g/mol. The molecule has 0 aliphatic carbocycles. The Labute approximate surface area is 131 Å². The first-order valence-electron chi connectivity index (χ1n) is 7.92. The van der Waals surface area contributed by atoms with Gasteiger partial charge < -0.3 is 4.90 Å². The predicted molar refractivity (Wildman–Crippen MR) is 84.2 cm³/mol. The van der Waals surface area contributed by atoms with E-state index in [1.807, 2.05) is 0 Å².